The molecule has 5 N–H and O–H groups in total. The number of aromatic nitrogens is 2. The molecule has 0 fully saturated rings. The molecule has 2 atom stereocenters. The Morgan fingerprint density at radius 3 is 1.52 bits per heavy atom. The number of nitrogens with one attached hydrogen (secondary N) is 4. The maximum atomic E-state index is 13.2. The molecule has 2 aromatic heterocycles. The molecule has 6 aromatic rings. The Hall–Kier alpha value is -4.69. The topological polar surface area (TPSA) is 190 Å². The Balaban J connectivity index is 0.000000239. The van der Waals surface area contributed by atoms with E-state index in [2.05, 4.69) is 30.0 Å². The second-order valence-corrected chi connectivity index (χ2v) is 29.6. The molecule has 0 saturated carbocycles. The molecular weight excluding hydrogens is 1070 g/mol. The molecule has 0 spiro atoms. The Morgan fingerprint density at radius 1 is 0.683 bits per heavy atom. The Bertz CT molecular complexity index is 2550. The van der Waals surface area contributed by atoms with Gasteiger partial charge in [-0.1, -0.05) is 12.1 Å². The van der Waals surface area contributed by atoms with Crippen molar-refractivity contribution >= 4 is 118 Å². The molecule has 0 saturated heterocycles. The summed E-state index contributed by atoms with van der Waals surface area (Å²) < 4.78 is 27.5. The zero-order chi connectivity index (χ0) is 45.6. The van der Waals surface area contributed by atoms with Crippen LogP contribution in [0.25, 0.3) is 20.2 Å². The molecule has 19 heteroatoms. The number of phenols is 1. The van der Waals surface area contributed by atoms with Gasteiger partial charge < -0.3 is 20.5 Å². The third-order valence-electron chi connectivity index (χ3n) is 8.89. The van der Waals surface area contributed by atoms with E-state index < -0.39 is 58.8 Å². The van der Waals surface area contributed by atoms with Gasteiger partial charge in [-0.3, -0.25) is 4.79 Å². The third-order valence-corrected chi connectivity index (χ3v) is 16.2. The van der Waals surface area contributed by atoms with Crippen LogP contribution in [0, 0.1) is 0 Å². The van der Waals surface area contributed by atoms with Gasteiger partial charge in [0.05, 0.1) is 10.6 Å². The van der Waals surface area contributed by atoms with E-state index in [0.29, 0.717) is 30.8 Å². The summed E-state index contributed by atoms with van der Waals surface area (Å²) in [6, 6.07) is 25.4. The van der Waals surface area contributed by atoms with Gasteiger partial charge >= 0.3 is 191 Å². The van der Waals surface area contributed by atoms with E-state index >= 15 is 0 Å². The number of carbonyl (C=O) groups is 4. The number of anilines is 2. The van der Waals surface area contributed by atoms with Gasteiger partial charge in [-0.25, -0.2) is 4.79 Å². The zero-order valence-electron chi connectivity index (χ0n) is 35.7. The van der Waals surface area contributed by atoms with Gasteiger partial charge in [0.1, 0.15) is 11.4 Å². The van der Waals surface area contributed by atoms with E-state index in [-0.39, 0.29) is 24.1 Å². The van der Waals surface area contributed by atoms with Gasteiger partial charge in [-0.05, 0) is 95.4 Å². The summed E-state index contributed by atoms with van der Waals surface area (Å²) in [6.45, 7) is 11.4. The number of hydrogen-bond acceptors (Lipinski definition) is 13. The van der Waals surface area contributed by atoms with E-state index in [1.54, 1.807) is 57.4 Å². The van der Waals surface area contributed by atoms with Gasteiger partial charge in [0.25, 0.3) is 0 Å². The zero-order valence-corrected chi connectivity index (χ0v) is 43.5. The van der Waals surface area contributed by atoms with E-state index in [1.807, 2.05) is 81.4 Å². The number of carbonyl (C=O) groups excluding carboxylic acids is 4. The van der Waals surface area contributed by atoms with E-state index in [1.165, 1.54) is 23.1 Å². The summed E-state index contributed by atoms with van der Waals surface area (Å²) >= 11 is 6.36. The van der Waals surface area contributed by atoms with Crippen LogP contribution >= 0.6 is 27.1 Å². The summed E-state index contributed by atoms with van der Waals surface area (Å²) in [4.78, 5) is 50.2. The number of rotatable bonds is 14. The molecular formula is C44H49N6O8PS3Tl+. The number of aromatic hydroxyl groups is 1. The first-order valence-corrected chi connectivity index (χ1v) is 31.3. The molecule has 63 heavy (non-hydrogen) atoms. The molecule has 328 valence electrons. The third kappa shape index (κ3) is 16.4. The minimum atomic E-state index is -1.37. The number of nitrogens with zero attached hydrogens (tertiary/aromatic N) is 2. The quantitative estimate of drug-likeness (QED) is 0.0516. The fourth-order valence-corrected chi connectivity index (χ4v) is 11.3. The second kappa shape index (κ2) is 23.3. The number of ether oxygens (including phenoxy) is 2. The van der Waals surface area contributed by atoms with Gasteiger partial charge in [0.2, 0.25) is 5.91 Å². The van der Waals surface area contributed by atoms with Crippen LogP contribution in [-0.4, -0.2) is 85.7 Å². The number of alkyl carbamates (subject to hydrolysis) is 2. The summed E-state index contributed by atoms with van der Waals surface area (Å²) in [5.74, 6) is -0.422. The van der Waals surface area contributed by atoms with Gasteiger partial charge in [-0.2, -0.15) is 8.75 Å². The monoisotopic (exact) mass is 1120 g/mol. The first-order valence-electron chi connectivity index (χ1n) is 19.9. The molecule has 2 unspecified atom stereocenters. The van der Waals surface area contributed by atoms with Gasteiger partial charge in [0.15, 0.2) is 0 Å². The molecule has 4 aromatic carbocycles. The van der Waals surface area contributed by atoms with Crippen LogP contribution < -0.4 is 24.0 Å². The van der Waals surface area contributed by atoms with Crippen LogP contribution in [-0.2, 0) is 30.9 Å². The second-order valence-electron chi connectivity index (χ2n) is 16.2. The minimum absolute atomic E-state index is 0.125. The SMILES string of the molecule is CC(C)(C)OC(=O)NCCC(C(=O)Nc1ccc2cnsc2c1)c1ccc(O)cc1.CC(C)(C)OC(=O)NCCC(C(=O)Nc1ccc2cnsc2c1)c1ccc([O][Tl]=[P+]=S)cc1. The van der Waals surface area contributed by atoms with Crippen LogP contribution in [0.5, 0.6) is 11.5 Å². The molecule has 0 aliphatic heterocycles. The number of phenolic OH excluding ortho intramolecular Hbond substituents is 1. The predicted octanol–water partition coefficient (Wildman–Crippen LogP) is 9.89. The average molecular weight is 1120 g/mol. The first kappa shape index (κ1) is 49.3. The van der Waals surface area contributed by atoms with Crippen molar-refractivity contribution in [2.75, 3.05) is 23.7 Å². The molecule has 0 radical (unpaired) electrons. The van der Waals surface area contributed by atoms with Crippen molar-refractivity contribution in [2.45, 2.75) is 77.4 Å². The van der Waals surface area contributed by atoms with Crippen LogP contribution in [0.3, 0.4) is 0 Å². The van der Waals surface area contributed by atoms with Crippen molar-refractivity contribution in [3.63, 3.8) is 0 Å². The summed E-state index contributed by atoms with van der Waals surface area (Å²) in [6.07, 6.45) is 3.35. The summed E-state index contributed by atoms with van der Waals surface area (Å²) in [5.41, 5.74) is 1.81. The normalized spacial score (nSPS) is 12.1. The Labute approximate surface area is 392 Å². The molecule has 4 amide bonds. The van der Waals surface area contributed by atoms with Crippen molar-refractivity contribution in [3.05, 3.63) is 108 Å². The van der Waals surface area contributed by atoms with Crippen molar-refractivity contribution < 1.29 is 36.4 Å². The molecule has 0 bridgehead atoms. The Kier molecular flexibility index (Phi) is 18.2. The fraction of sp³-hybridized carbons (Fsp3) is 0.318. The van der Waals surface area contributed by atoms with Gasteiger partial charge in [0, 0.05) is 30.0 Å². The average Bonchev–Trinajstić information content (AvgIpc) is 3.89. The van der Waals surface area contributed by atoms with Gasteiger partial charge in [-0.15, -0.1) is 0 Å². The van der Waals surface area contributed by atoms with Crippen molar-refractivity contribution in [2.24, 2.45) is 0 Å². The molecule has 0 aliphatic carbocycles. The molecule has 6 rings (SSSR count). The number of hydrogen-bond donors (Lipinski definition) is 5. The standard InChI is InChI=1S/2C22H25N3O4S.PS.Tl/c2*1-22(2,3)29-21(28)23-11-10-18(14-5-8-17(26)9-6-14)20(27)25-16-7-4-15-13-24-30-19(15)12-16;1-2;/h2*4-9,12-13,18,26H,10-11H2,1-3H3,(H,23,28)(H,25,27);;/q;;-1;+3/p-1. The van der Waals surface area contributed by atoms with E-state index in [4.69, 9.17) is 24.0 Å². The molecule has 14 nitrogen and oxygen atoms in total. The molecule has 2 heterocycles. The first-order chi connectivity index (χ1) is 30.0. The fourth-order valence-electron chi connectivity index (χ4n) is 6.07. The molecule has 0 aliphatic rings. The number of amides is 4. The van der Waals surface area contributed by atoms with Crippen LogP contribution in [0.1, 0.15) is 77.3 Å². The van der Waals surface area contributed by atoms with Crippen molar-refractivity contribution in [1.29, 1.82) is 0 Å². The number of benzene rings is 4. The Morgan fingerprint density at radius 2 is 1.11 bits per heavy atom. The van der Waals surface area contributed by atoms with E-state index in [9.17, 15) is 24.3 Å². The van der Waals surface area contributed by atoms with Crippen LogP contribution in [0.15, 0.2) is 97.3 Å². The van der Waals surface area contributed by atoms with Crippen molar-refractivity contribution in [3.8, 4) is 11.5 Å². The van der Waals surface area contributed by atoms with E-state index in [0.717, 1.165) is 41.1 Å². The van der Waals surface area contributed by atoms with Crippen LogP contribution in [0.4, 0.5) is 21.0 Å². The predicted molar refractivity (Wildman–Crippen MR) is 255 cm³/mol. The summed E-state index contributed by atoms with van der Waals surface area (Å²) in [7, 11) is 0. The van der Waals surface area contributed by atoms with Crippen molar-refractivity contribution in [1.82, 2.24) is 19.4 Å². The number of fused-ring (bicyclic) bond motifs is 2. The maximum absolute atomic E-state index is 13.2. The van der Waals surface area contributed by atoms with Crippen LogP contribution in [0.2, 0.25) is 0 Å². The summed E-state index contributed by atoms with van der Waals surface area (Å²) in [5, 5.41) is 23.0.